The summed E-state index contributed by atoms with van der Waals surface area (Å²) in [7, 11) is 1.69. The van der Waals surface area contributed by atoms with Gasteiger partial charge >= 0.3 is 0 Å². The molecule has 4 nitrogen and oxygen atoms in total. The zero-order valence-electron chi connectivity index (χ0n) is 9.95. The van der Waals surface area contributed by atoms with Gasteiger partial charge in [-0.1, -0.05) is 0 Å². The molecule has 1 atom stereocenters. The van der Waals surface area contributed by atoms with Gasteiger partial charge in [-0.3, -0.25) is 0 Å². The fourth-order valence-corrected chi connectivity index (χ4v) is 1.51. The van der Waals surface area contributed by atoms with Crippen LogP contribution in [0.25, 0.3) is 0 Å². The maximum Gasteiger partial charge on any atom is 0.165 e. The van der Waals surface area contributed by atoms with Gasteiger partial charge in [0.25, 0.3) is 0 Å². The average molecular weight is 218 g/mol. The topological polar surface area (TPSA) is 36.9 Å². The molecule has 90 valence electrons. The van der Waals surface area contributed by atoms with Crippen LogP contribution in [0.2, 0.25) is 0 Å². The smallest absolute Gasteiger partial charge is 0.165 e. The third-order valence-corrected chi connectivity index (χ3v) is 2.57. The zero-order valence-corrected chi connectivity index (χ0v) is 9.95. The Hall–Kier alpha value is -0.160. The van der Waals surface area contributed by atoms with Crippen molar-refractivity contribution in [3.8, 4) is 0 Å². The summed E-state index contributed by atoms with van der Waals surface area (Å²) in [6.07, 6.45) is 2.00. The van der Waals surface area contributed by atoms with Gasteiger partial charge in [0.2, 0.25) is 0 Å². The minimum absolute atomic E-state index is 0.166. The van der Waals surface area contributed by atoms with E-state index >= 15 is 0 Å². The molecule has 0 amide bonds. The molecule has 4 heteroatoms. The summed E-state index contributed by atoms with van der Waals surface area (Å²) in [6, 6.07) is 0. The molecule has 0 aliphatic carbocycles. The van der Waals surface area contributed by atoms with Crippen molar-refractivity contribution in [2.45, 2.75) is 38.6 Å². The SMILES string of the molecule is COC(C)COCCCC1(C)OCCO1. The summed E-state index contributed by atoms with van der Waals surface area (Å²) in [5.74, 6) is -0.379. The van der Waals surface area contributed by atoms with Crippen LogP contribution in [0.3, 0.4) is 0 Å². The van der Waals surface area contributed by atoms with Crippen LogP contribution >= 0.6 is 0 Å². The normalized spacial score (nSPS) is 21.8. The number of ether oxygens (including phenoxy) is 4. The molecule has 0 spiro atoms. The first-order valence-electron chi connectivity index (χ1n) is 5.55. The van der Waals surface area contributed by atoms with Gasteiger partial charge in [-0.15, -0.1) is 0 Å². The average Bonchev–Trinajstić information content (AvgIpc) is 2.64. The Bertz CT molecular complexity index is 166. The lowest BCUT2D eigenvalue weighted by atomic mass is 10.2. The van der Waals surface area contributed by atoms with Gasteiger partial charge in [-0.2, -0.15) is 0 Å². The lowest BCUT2D eigenvalue weighted by molar-refractivity contribution is -0.149. The van der Waals surface area contributed by atoms with Crippen LogP contribution < -0.4 is 0 Å². The summed E-state index contributed by atoms with van der Waals surface area (Å²) in [5, 5.41) is 0. The molecular formula is C11H22O4. The minimum Gasteiger partial charge on any atom is -0.379 e. The van der Waals surface area contributed by atoms with Crippen molar-refractivity contribution in [1.82, 2.24) is 0 Å². The predicted octanol–water partition coefficient (Wildman–Crippen LogP) is 1.58. The van der Waals surface area contributed by atoms with Gasteiger partial charge in [0, 0.05) is 20.1 Å². The Kier molecular flexibility index (Phi) is 5.53. The van der Waals surface area contributed by atoms with E-state index in [0.717, 1.165) is 19.4 Å². The highest BCUT2D eigenvalue weighted by Gasteiger charge is 2.29. The highest BCUT2D eigenvalue weighted by molar-refractivity contribution is 4.67. The monoisotopic (exact) mass is 218 g/mol. The number of hydrogen-bond acceptors (Lipinski definition) is 4. The molecule has 0 radical (unpaired) electrons. The summed E-state index contributed by atoms with van der Waals surface area (Å²) in [5.41, 5.74) is 0. The molecular weight excluding hydrogens is 196 g/mol. The molecule has 1 unspecified atom stereocenters. The van der Waals surface area contributed by atoms with Gasteiger partial charge in [0.15, 0.2) is 5.79 Å². The molecule has 0 aromatic rings. The first-order valence-corrected chi connectivity index (χ1v) is 5.55. The molecule has 1 heterocycles. The second-order valence-corrected chi connectivity index (χ2v) is 4.06. The molecule has 1 rings (SSSR count). The number of hydrogen-bond donors (Lipinski definition) is 0. The molecule has 1 fully saturated rings. The van der Waals surface area contributed by atoms with Crippen LogP contribution in [0.5, 0.6) is 0 Å². The fourth-order valence-electron chi connectivity index (χ4n) is 1.51. The van der Waals surface area contributed by atoms with E-state index in [9.17, 15) is 0 Å². The molecule has 0 aromatic carbocycles. The van der Waals surface area contributed by atoms with E-state index in [1.165, 1.54) is 0 Å². The minimum atomic E-state index is -0.379. The van der Waals surface area contributed by atoms with Crippen LogP contribution in [0.1, 0.15) is 26.7 Å². The Balaban J connectivity index is 1.97. The maximum atomic E-state index is 5.49. The Labute approximate surface area is 91.8 Å². The third-order valence-electron chi connectivity index (χ3n) is 2.57. The van der Waals surface area contributed by atoms with Gasteiger partial charge in [-0.05, 0) is 20.3 Å². The Morgan fingerprint density at radius 2 is 2.00 bits per heavy atom. The molecule has 1 aliphatic rings. The summed E-state index contributed by atoms with van der Waals surface area (Å²) in [4.78, 5) is 0. The zero-order chi connectivity index (χ0) is 11.1. The standard InChI is InChI=1S/C11H22O4/c1-10(12-3)9-13-6-4-5-11(2)14-7-8-15-11/h10H,4-9H2,1-3H3. The summed E-state index contributed by atoms with van der Waals surface area (Å²) >= 11 is 0. The second kappa shape index (κ2) is 6.43. The van der Waals surface area contributed by atoms with Gasteiger partial charge in [0.05, 0.1) is 25.9 Å². The Morgan fingerprint density at radius 3 is 2.60 bits per heavy atom. The van der Waals surface area contributed by atoms with E-state index < -0.39 is 0 Å². The van der Waals surface area contributed by atoms with E-state index in [1.54, 1.807) is 7.11 Å². The Morgan fingerprint density at radius 1 is 1.33 bits per heavy atom. The molecule has 0 bridgehead atoms. The van der Waals surface area contributed by atoms with E-state index in [0.29, 0.717) is 19.8 Å². The van der Waals surface area contributed by atoms with Crippen molar-refractivity contribution in [2.75, 3.05) is 33.5 Å². The lowest BCUT2D eigenvalue weighted by Crippen LogP contribution is -2.26. The largest absolute Gasteiger partial charge is 0.379 e. The van der Waals surface area contributed by atoms with Crippen molar-refractivity contribution >= 4 is 0 Å². The van der Waals surface area contributed by atoms with Crippen LogP contribution in [0, 0.1) is 0 Å². The quantitative estimate of drug-likeness (QED) is 0.608. The van der Waals surface area contributed by atoms with Crippen molar-refractivity contribution in [1.29, 1.82) is 0 Å². The maximum absolute atomic E-state index is 5.49. The molecule has 0 N–H and O–H groups in total. The molecule has 15 heavy (non-hydrogen) atoms. The van der Waals surface area contributed by atoms with E-state index in [-0.39, 0.29) is 11.9 Å². The van der Waals surface area contributed by atoms with Gasteiger partial charge in [-0.25, -0.2) is 0 Å². The summed E-state index contributed by atoms with van der Waals surface area (Å²) in [6.45, 7) is 6.77. The van der Waals surface area contributed by atoms with Crippen LogP contribution in [0.4, 0.5) is 0 Å². The number of rotatable bonds is 7. The van der Waals surface area contributed by atoms with Crippen molar-refractivity contribution in [3.63, 3.8) is 0 Å². The van der Waals surface area contributed by atoms with Gasteiger partial charge in [0.1, 0.15) is 0 Å². The van der Waals surface area contributed by atoms with Crippen LogP contribution in [-0.4, -0.2) is 45.4 Å². The van der Waals surface area contributed by atoms with Crippen molar-refractivity contribution in [2.24, 2.45) is 0 Å². The molecule has 1 saturated heterocycles. The first-order chi connectivity index (χ1) is 7.16. The van der Waals surface area contributed by atoms with Crippen LogP contribution in [-0.2, 0) is 18.9 Å². The van der Waals surface area contributed by atoms with Crippen molar-refractivity contribution in [3.05, 3.63) is 0 Å². The third kappa shape index (κ3) is 4.93. The van der Waals surface area contributed by atoms with Gasteiger partial charge < -0.3 is 18.9 Å². The highest BCUT2D eigenvalue weighted by atomic mass is 16.7. The predicted molar refractivity (Wildman–Crippen MR) is 56.8 cm³/mol. The first kappa shape index (κ1) is 12.9. The van der Waals surface area contributed by atoms with E-state index in [1.807, 2.05) is 13.8 Å². The number of methoxy groups -OCH3 is 1. The van der Waals surface area contributed by atoms with E-state index in [2.05, 4.69) is 0 Å². The fraction of sp³-hybridized carbons (Fsp3) is 1.00. The molecule has 0 aromatic heterocycles. The highest BCUT2D eigenvalue weighted by Crippen LogP contribution is 2.23. The second-order valence-electron chi connectivity index (χ2n) is 4.06. The van der Waals surface area contributed by atoms with E-state index in [4.69, 9.17) is 18.9 Å². The molecule has 0 saturated carbocycles. The molecule has 1 aliphatic heterocycles. The van der Waals surface area contributed by atoms with Crippen LogP contribution in [0.15, 0.2) is 0 Å². The van der Waals surface area contributed by atoms with Crippen molar-refractivity contribution < 1.29 is 18.9 Å². The lowest BCUT2D eigenvalue weighted by Gasteiger charge is -2.22. The summed E-state index contributed by atoms with van der Waals surface area (Å²) < 4.78 is 21.5.